The van der Waals surface area contributed by atoms with E-state index in [0.717, 1.165) is 41.8 Å². The molecule has 0 amide bonds. The molecule has 0 bridgehead atoms. The topological polar surface area (TPSA) is 34.0 Å². The molecule has 1 aromatic carbocycles. The summed E-state index contributed by atoms with van der Waals surface area (Å²) in [5, 5.41) is 4.10. The maximum Gasteiger partial charge on any atom is 0.140 e. The van der Waals surface area contributed by atoms with E-state index < -0.39 is 0 Å². The number of nitrogens with zero attached hydrogens (tertiary/aromatic N) is 4. The third kappa shape index (κ3) is 2.76. The minimum Gasteiger partial charge on any atom is -0.289 e. The number of likely N-dealkylation sites (tertiary alicyclic amines) is 1. The van der Waals surface area contributed by atoms with Crippen LogP contribution in [0.5, 0.6) is 0 Å². The highest BCUT2D eigenvalue weighted by atomic mass is 79.9. The molecule has 2 aromatic rings. The second kappa shape index (κ2) is 5.61. The molecule has 20 heavy (non-hydrogen) atoms. The summed E-state index contributed by atoms with van der Waals surface area (Å²) in [5.74, 6) is 0.743. The lowest BCUT2D eigenvalue weighted by molar-refractivity contribution is 0.238. The van der Waals surface area contributed by atoms with Gasteiger partial charge in [0.1, 0.15) is 18.0 Å². The standard InChI is InChI=1S/C14H16BrFN4/c1-19-14(17-9-18-19)8-20-4-2-3-13(20)10-5-11(15)7-12(16)6-10/h5-7,9,13H,2-4,8H2,1H3. The van der Waals surface area contributed by atoms with E-state index in [2.05, 4.69) is 30.9 Å². The first kappa shape index (κ1) is 13.7. The highest BCUT2D eigenvalue weighted by Gasteiger charge is 2.27. The number of halogens is 2. The van der Waals surface area contributed by atoms with Gasteiger partial charge in [0.15, 0.2) is 0 Å². The fourth-order valence-electron chi connectivity index (χ4n) is 2.81. The van der Waals surface area contributed by atoms with Crippen molar-refractivity contribution in [3.63, 3.8) is 0 Å². The second-order valence-electron chi connectivity index (χ2n) is 5.13. The Morgan fingerprint density at radius 2 is 2.25 bits per heavy atom. The van der Waals surface area contributed by atoms with Crippen molar-refractivity contribution >= 4 is 15.9 Å². The van der Waals surface area contributed by atoms with Gasteiger partial charge < -0.3 is 0 Å². The van der Waals surface area contributed by atoms with Gasteiger partial charge in [0.25, 0.3) is 0 Å². The molecule has 0 N–H and O–H groups in total. The molecule has 3 rings (SSSR count). The first-order valence-electron chi connectivity index (χ1n) is 6.66. The van der Waals surface area contributed by atoms with Crippen LogP contribution >= 0.6 is 15.9 Å². The van der Waals surface area contributed by atoms with Crippen LogP contribution in [0.15, 0.2) is 29.0 Å². The lowest BCUT2D eigenvalue weighted by atomic mass is 10.0. The fourth-order valence-corrected chi connectivity index (χ4v) is 3.29. The zero-order valence-electron chi connectivity index (χ0n) is 11.3. The van der Waals surface area contributed by atoms with Gasteiger partial charge in [-0.2, -0.15) is 5.10 Å². The van der Waals surface area contributed by atoms with Gasteiger partial charge in [0.05, 0.1) is 6.54 Å². The Bertz CT molecular complexity index is 593. The van der Waals surface area contributed by atoms with Gasteiger partial charge in [0, 0.05) is 17.6 Å². The lowest BCUT2D eigenvalue weighted by Gasteiger charge is -2.24. The summed E-state index contributed by atoms with van der Waals surface area (Å²) in [6.45, 7) is 1.75. The van der Waals surface area contributed by atoms with Crippen LogP contribution in [-0.2, 0) is 13.6 Å². The molecule has 0 spiro atoms. The summed E-state index contributed by atoms with van der Waals surface area (Å²) in [6, 6.07) is 5.37. The number of hydrogen-bond acceptors (Lipinski definition) is 3. The van der Waals surface area contributed by atoms with Crippen LogP contribution in [0, 0.1) is 5.82 Å². The largest absolute Gasteiger partial charge is 0.289 e. The normalized spacial score (nSPS) is 19.6. The Morgan fingerprint density at radius 1 is 1.40 bits per heavy atom. The van der Waals surface area contributed by atoms with Gasteiger partial charge in [-0.15, -0.1) is 0 Å². The summed E-state index contributed by atoms with van der Waals surface area (Å²) in [6.07, 6.45) is 3.74. The van der Waals surface area contributed by atoms with E-state index in [4.69, 9.17) is 0 Å². The molecule has 0 saturated carbocycles. The van der Waals surface area contributed by atoms with Crippen LogP contribution in [0.3, 0.4) is 0 Å². The Balaban J connectivity index is 1.83. The Labute approximate surface area is 125 Å². The molecule has 0 radical (unpaired) electrons. The average Bonchev–Trinajstić information content (AvgIpc) is 2.99. The van der Waals surface area contributed by atoms with Gasteiger partial charge in [0.2, 0.25) is 0 Å². The SMILES string of the molecule is Cn1ncnc1CN1CCCC1c1cc(F)cc(Br)c1. The molecule has 1 unspecified atom stereocenters. The zero-order chi connectivity index (χ0) is 14.1. The highest BCUT2D eigenvalue weighted by Crippen LogP contribution is 2.34. The van der Waals surface area contributed by atoms with Crippen LogP contribution in [0.25, 0.3) is 0 Å². The van der Waals surface area contributed by atoms with E-state index in [1.165, 1.54) is 6.07 Å². The molecule has 1 atom stereocenters. The summed E-state index contributed by atoms with van der Waals surface area (Å²) in [4.78, 5) is 6.61. The highest BCUT2D eigenvalue weighted by molar-refractivity contribution is 9.10. The van der Waals surface area contributed by atoms with Gasteiger partial charge in [-0.3, -0.25) is 9.58 Å². The van der Waals surface area contributed by atoms with Gasteiger partial charge >= 0.3 is 0 Å². The third-order valence-electron chi connectivity index (χ3n) is 3.78. The molecular weight excluding hydrogens is 323 g/mol. The Morgan fingerprint density at radius 3 is 2.95 bits per heavy atom. The van der Waals surface area contributed by atoms with Gasteiger partial charge in [-0.05, 0) is 43.1 Å². The molecule has 2 heterocycles. The van der Waals surface area contributed by atoms with Crippen molar-refractivity contribution in [1.82, 2.24) is 19.7 Å². The Hall–Kier alpha value is -1.27. The summed E-state index contributed by atoms with van der Waals surface area (Å²) in [7, 11) is 1.90. The quantitative estimate of drug-likeness (QED) is 0.862. The fraction of sp³-hybridized carbons (Fsp3) is 0.429. The monoisotopic (exact) mass is 338 g/mol. The van der Waals surface area contributed by atoms with Crippen LogP contribution in [0.1, 0.15) is 30.3 Å². The predicted molar refractivity (Wildman–Crippen MR) is 77.5 cm³/mol. The van der Waals surface area contributed by atoms with E-state index in [1.807, 2.05) is 13.1 Å². The maximum absolute atomic E-state index is 13.6. The smallest absolute Gasteiger partial charge is 0.140 e. The van der Waals surface area contributed by atoms with Crippen LogP contribution in [0.2, 0.25) is 0 Å². The molecule has 0 aliphatic carbocycles. The molecule has 6 heteroatoms. The van der Waals surface area contributed by atoms with E-state index >= 15 is 0 Å². The maximum atomic E-state index is 13.6. The van der Waals surface area contributed by atoms with Crippen molar-refractivity contribution in [2.24, 2.45) is 7.05 Å². The third-order valence-corrected chi connectivity index (χ3v) is 4.24. The van der Waals surface area contributed by atoms with Crippen molar-refractivity contribution in [3.8, 4) is 0 Å². The molecule has 1 fully saturated rings. The van der Waals surface area contributed by atoms with Crippen molar-refractivity contribution in [3.05, 3.63) is 46.2 Å². The molecule has 1 aliphatic heterocycles. The second-order valence-corrected chi connectivity index (χ2v) is 6.05. The lowest BCUT2D eigenvalue weighted by Crippen LogP contribution is -2.24. The van der Waals surface area contributed by atoms with Crippen LogP contribution in [-0.4, -0.2) is 26.2 Å². The molecule has 106 valence electrons. The zero-order valence-corrected chi connectivity index (χ0v) is 12.8. The van der Waals surface area contributed by atoms with Crippen LogP contribution < -0.4 is 0 Å². The number of aromatic nitrogens is 3. The molecular formula is C14H16BrFN4. The Kier molecular flexibility index (Phi) is 3.85. The van der Waals surface area contributed by atoms with Crippen molar-refractivity contribution < 1.29 is 4.39 Å². The van der Waals surface area contributed by atoms with E-state index in [-0.39, 0.29) is 11.9 Å². The minimum atomic E-state index is -0.195. The number of benzene rings is 1. The average molecular weight is 339 g/mol. The van der Waals surface area contributed by atoms with Crippen molar-refractivity contribution in [2.45, 2.75) is 25.4 Å². The van der Waals surface area contributed by atoms with Gasteiger partial charge in [-0.1, -0.05) is 15.9 Å². The molecule has 4 nitrogen and oxygen atoms in total. The predicted octanol–water partition coefficient (Wildman–Crippen LogP) is 3.05. The van der Waals surface area contributed by atoms with E-state index in [1.54, 1.807) is 17.1 Å². The molecule has 1 aliphatic rings. The summed E-state index contributed by atoms with van der Waals surface area (Å²) in [5.41, 5.74) is 1.02. The van der Waals surface area contributed by atoms with Crippen molar-refractivity contribution in [1.29, 1.82) is 0 Å². The molecule has 1 saturated heterocycles. The van der Waals surface area contributed by atoms with E-state index in [9.17, 15) is 4.39 Å². The first-order valence-corrected chi connectivity index (χ1v) is 7.45. The number of aryl methyl sites for hydroxylation is 1. The van der Waals surface area contributed by atoms with Gasteiger partial charge in [-0.25, -0.2) is 9.37 Å². The van der Waals surface area contributed by atoms with E-state index in [0.29, 0.717) is 0 Å². The summed E-state index contributed by atoms with van der Waals surface area (Å²) < 4.78 is 16.2. The molecule has 1 aromatic heterocycles. The number of hydrogen-bond donors (Lipinski definition) is 0. The minimum absolute atomic E-state index is 0.195. The first-order chi connectivity index (χ1) is 9.63. The van der Waals surface area contributed by atoms with Crippen LogP contribution in [0.4, 0.5) is 4.39 Å². The van der Waals surface area contributed by atoms with Crippen molar-refractivity contribution in [2.75, 3.05) is 6.54 Å². The summed E-state index contributed by atoms with van der Waals surface area (Å²) >= 11 is 3.37. The number of rotatable bonds is 3.